The highest BCUT2D eigenvalue weighted by Crippen LogP contribution is 2.33. The van der Waals surface area contributed by atoms with Gasteiger partial charge in [0, 0.05) is 48.5 Å². The topological polar surface area (TPSA) is 88.6 Å². The lowest BCUT2D eigenvalue weighted by atomic mass is 9.90. The van der Waals surface area contributed by atoms with Crippen LogP contribution in [0.15, 0.2) is 103 Å². The summed E-state index contributed by atoms with van der Waals surface area (Å²) in [5.41, 5.74) is 4.36. The second-order valence-electron chi connectivity index (χ2n) is 10.3. The largest absolute Gasteiger partial charge is 0.737 e. The number of aryl methyl sites for hydroxylation is 2. The smallest absolute Gasteiger partial charge is 0.394 e. The molecule has 2 aliphatic heterocycles. The van der Waals surface area contributed by atoms with Gasteiger partial charge in [-0.1, -0.05) is 72.8 Å². The summed E-state index contributed by atoms with van der Waals surface area (Å²) in [6.07, 6.45) is 12.6. The van der Waals surface area contributed by atoms with Crippen LogP contribution in [0.5, 0.6) is 0 Å². The quantitative estimate of drug-likeness (QED) is 0.220. The van der Waals surface area contributed by atoms with Crippen molar-refractivity contribution in [3.63, 3.8) is 0 Å². The van der Waals surface area contributed by atoms with E-state index >= 15 is 8.63 Å². The van der Waals surface area contributed by atoms with Crippen molar-refractivity contribution in [1.82, 2.24) is 30.2 Å². The first-order chi connectivity index (χ1) is 20.9. The molecule has 0 radical (unpaired) electrons. The molecule has 2 aromatic heterocycles. The minimum atomic E-state index is -4.15. The minimum Gasteiger partial charge on any atom is -0.394 e. The molecule has 0 unspecified atom stereocenters. The van der Waals surface area contributed by atoms with Crippen molar-refractivity contribution in [3.8, 4) is 11.4 Å². The molecule has 0 saturated carbocycles. The van der Waals surface area contributed by atoms with Crippen molar-refractivity contribution >= 4 is 30.7 Å². The Kier molecular flexibility index (Phi) is 7.70. The van der Waals surface area contributed by atoms with Gasteiger partial charge >= 0.3 is 6.97 Å². The molecule has 1 amide bonds. The molecule has 1 N–H and O–H groups in total. The lowest BCUT2D eigenvalue weighted by molar-refractivity contribution is -0.360. The van der Waals surface area contributed by atoms with Gasteiger partial charge in [-0.25, -0.2) is 0 Å². The number of fused-ring (bicyclic) bond motifs is 2. The van der Waals surface area contributed by atoms with E-state index in [0.29, 0.717) is 41.0 Å². The monoisotopic (exact) mass is 575 g/mol. The summed E-state index contributed by atoms with van der Waals surface area (Å²) < 4.78 is 34.2. The van der Waals surface area contributed by atoms with Crippen LogP contribution in [0.25, 0.3) is 23.5 Å². The van der Waals surface area contributed by atoms with Gasteiger partial charge in [-0.3, -0.25) is 4.79 Å². The lowest BCUT2D eigenvalue weighted by Gasteiger charge is -2.30. The molecule has 0 saturated heterocycles. The number of aromatic nitrogens is 5. The van der Waals surface area contributed by atoms with Gasteiger partial charge in [0.15, 0.2) is 17.2 Å². The first-order valence-electron chi connectivity index (χ1n) is 14.0. The van der Waals surface area contributed by atoms with Gasteiger partial charge in [-0.15, -0.1) is 20.4 Å². The first-order valence-corrected chi connectivity index (χ1v) is 14.0. The second kappa shape index (κ2) is 11.9. The van der Waals surface area contributed by atoms with Crippen LogP contribution in [0, 0.1) is 6.92 Å². The van der Waals surface area contributed by atoms with Gasteiger partial charge in [-0.05, 0) is 42.3 Å². The number of amides is 1. The fraction of sp³-hybridized carbons (Fsp3) is 0.125. The van der Waals surface area contributed by atoms with Crippen LogP contribution >= 0.6 is 0 Å². The van der Waals surface area contributed by atoms with Crippen molar-refractivity contribution in [2.24, 2.45) is 0 Å². The molecular weight excluding hydrogens is 547 g/mol. The van der Waals surface area contributed by atoms with E-state index < -0.39 is 6.97 Å². The van der Waals surface area contributed by atoms with Crippen LogP contribution in [0.4, 0.5) is 8.63 Å². The number of hydrogen-bond donors (Lipinski definition) is 1. The zero-order valence-corrected chi connectivity index (χ0v) is 23.4. The molecule has 0 spiro atoms. The molecule has 0 atom stereocenters. The number of allylic oxidation sites excluding steroid dienone is 5. The van der Waals surface area contributed by atoms with Crippen molar-refractivity contribution < 1.29 is 17.9 Å². The first kappa shape index (κ1) is 27.8. The van der Waals surface area contributed by atoms with Crippen LogP contribution < -0.4 is 5.32 Å². The Morgan fingerprint density at radius 1 is 0.930 bits per heavy atom. The summed E-state index contributed by atoms with van der Waals surface area (Å²) in [6.45, 7) is -2.13. The van der Waals surface area contributed by atoms with E-state index in [0.717, 1.165) is 25.7 Å². The van der Waals surface area contributed by atoms with E-state index in [2.05, 4.69) is 25.7 Å². The Labute approximate surface area is 247 Å². The Bertz CT molecular complexity index is 1810. The van der Waals surface area contributed by atoms with E-state index in [9.17, 15) is 4.79 Å². The minimum absolute atomic E-state index is 0.0812. The fourth-order valence-electron chi connectivity index (χ4n) is 5.15. The van der Waals surface area contributed by atoms with Gasteiger partial charge in [0.2, 0.25) is 11.7 Å². The third-order valence-electron chi connectivity index (χ3n) is 7.29. The van der Waals surface area contributed by atoms with Crippen LogP contribution in [0.1, 0.15) is 34.8 Å². The number of halogens is 2. The number of nitrogens with zero attached hydrogens (tertiary/aromatic N) is 6. The Balaban J connectivity index is 1.09. The number of nitrogens with one attached hydrogen (secondary N) is 1. The Morgan fingerprint density at radius 2 is 1.67 bits per heavy atom. The second-order valence-corrected chi connectivity index (χ2v) is 10.3. The van der Waals surface area contributed by atoms with Crippen molar-refractivity contribution in [1.29, 1.82) is 0 Å². The van der Waals surface area contributed by atoms with Crippen LogP contribution in [-0.2, 0) is 17.8 Å². The molecule has 2 aliphatic rings. The average Bonchev–Trinajstić information content (AvgIpc) is 3.64. The number of carbonyl (C=O) groups is 1. The van der Waals surface area contributed by atoms with Gasteiger partial charge < -0.3 is 22.9 Å². The van der Waals surface area contributed by atoms with Crippen LogP contribution in [0.3, 0.4) is 0 Å². The maximum atomic E-state index is 16.0. The van der Waals surface area contributed by atoms with Gasteiger partial charge in [0.05, 0.1) is 0 Å². The number of carbonyl (C=O) groups excluding carboxylic acids is 1. The van der Waals surface area contributed by atoms with Gasteiger partial charge in [-0.2, -0.15) is 0 Å². The molecule has 0 fully saturated rings. The highest BCUT2D eigenvalue weighted by molar-refractivity contribution is 6.58. The number of rotatable bonds is 9. The van der Waals surface area contributed by atoms with Crippen molar-refractivity contribution in [3.05, 3.63) is 131 Å². The van der Waals surface area contributed by atoms with Crippen LogP contribution in [0.2, 0.25) is 0 Å². The molecule has 2 aromatic carbocycles. The summed E-state index contributed by atoms with van der Waals surface area (Å²) in [4.78, 5) is 12.7. The molecule has 4 heterocycles. The molecule has 0 bridgehead atoms. The predicted molar refractivity (Wildman–Crippen MR) is 163 cm³/mol. The molecule has 4 aromatic rings. The predicted octanol–water partition coefficient (Wildman–Crippen LogP) is 5.16. The van der Waals surface area contributed by atoms with Gasteiger partial charge in [0.1, 0.15) is 0 Å². The highest BCUT2D eigenvalue weighted by atomic mass is 19.2. The highest BCUT2D eigenvalue weighted by Gasteiger charge is 2.52. The summed E-state index contributed by atoms with van der Waals surface area (Å²) in [5, 5.41) is 18.8. The summed E-state index contributed by atoms with van der Waals surface area (Å²) >= 11 is 0. The standard InChI is InChI=1S/C32H28BF2N7O/c1-23-37-39-32(40-38-23)26-13-11-25(12-14-26)22-36-31(43)20-19-28-16-18-30-21-29-17-15-27(41(29)33(34,35)42(28)30)10-6-5-9-24-7-3-2-4-8-24/h2-18,21H,19-20,22H2,1H3,(H,36,43)/b9-5+,10-6+. The maximum absolute atomic E-state index is 16.0. The maximum Gasteiger partial charge on any atom is 0.737 e. The van der Waals surface area contributed by atoms with E-state index in [-0.39, 0.29) is 18.7 Å². The zero-order chi connectivity index (χ0) is 29.8. The zero-order valence-electron chi connectivity index (χ0n) is 23.4. The normalized spacial score (nSPS) is 15.2. The van der Waals surface area contributed by atoms with Crippen LogP contribution in [-0.4, -0.2) is 47.9 Å². The third kappa shape index (κ3) is 6.01. The Morgan fingerprint density at radius 3 is 2.44 bits per heavy atom. The fourth-order valence-corrected chi connectivity index (χ4v) is 5.15. The molecule has 43 heavy (non-hydrogen) atoms. The molecule has 0 aliphatic carbocycles. The van der Waals surface area contributed by atoms with Crippen molar-refractivity contribution in [2.75, 3.05) is 0 Å². The van der Waals surface area contributed by atoms with E-state index in [1.54, 1.807) is 49.4 Å². The molecular formula is C32H28BF2N7O. The Hall–Kier alpha value is -5.32. The van der Waals surface area contributed by atoms with Crippen molar-refractivity contribution in [2.45, 2.75) is 26.3 Å². The average molecular weight is 575 g/mol. The number of benzene rings is 2. The molecule has 214 valence electrons. The third-order valence-corrected chi connectivity index (χ3v) is 7.29. The van der Waals surface area contributed by atoms with E-state index in [4.69, 9.17) is 0 Å². The van der Waals surface area contributed by atoms with Gasteiger partial charge in [0.25, 0.3) is 0 Å². The molecule has 8 nitrogen and oxygen atoms in total. The SMILES string of the molecule is Cc1nnc(-c2ccc(CNC(=O)CCc3ccc4n3[B-](F)(F)[N+]3=C(/C=C/C=C/c5ccccc5)C=CC3=C4)cc2)nn1. The molecule has 6 rings (SSSR count). The summed E-state index contributed by atoms with van der Waals surface area (Å²) in [6, 6.07) is 20.5. The lowest BCUT2D eigenvalue weighted by Crippen LogP contribution is -2.50. The van der Waals surface area contributed by atoms with E-state index in [1.165, 1.54) is 0 Å². The number of hydrogen-bond acceptors (Lipinski definition) is 5. The molecule has 11 heteroatoms. The summed E-state index contributed by atoms with van der Waals surface area (Å²) in [7, 11) is 0. The van der Waals surface area contributed by atoms with E-state index in [1.807, 2.05) is 66.7 Å². The summed E-state index contributed by atoms with van der Waals surface area (Å²) in [5.74, 6) is 0.689.